The predicted molar refractivity (Wildman–Crippen MR) is 170 cm³/mol. The van der Waals surface area contributed by atoms with E-state index in [2.05, 4.69) is 40.2 Å². The highest BCUT2D eigenvalue weighted by Gasteiger charge is 2.40. The van der Waals surface area contributed by atoms with Crippen LogP contribution in [-0.4, -0.2) is 95.6 Å². The Kier molecular flexibility index (Phi) is 9.79. The summed E-state index contributed by atoms with van der Waals surface area (Å²) in [5, 5.41) is 21.9. The van der Waals surface area contributed by atoms with E-state index in [0.29, 0.717) is 44.2 Å². The van der Waals surface area contributed by atoms with Crippen LogP contribution in [0.2, 0.25) is 0 Å². The normalized spacial score (nSPS) is 23.0. The zero-order valence-corrected chi connectivity index (χ0v) is 26.0. The molecular formula is C35H39N3O7. The van der Waals surface area contributed by atoms with Crippen molar-refractivity contribution >= 4 is 28.3 Å². The summed E-state index contributed by atoms with van der Waals surface area (Å²) in [5.41, 5.74) is 2.60. The number of hydrogen-bond acceptors (Lipinski definition) is 8. The Labute approximate surface area is 262 Å². The molecule has 1 saturated heterocycles. The fraction of sp³-hybridized carbons (Fsp3) is 0.343. The summed E-state index contributed by atoms with van der Waals surface area (Å²) in [6, 6.07) is 17.7. The summed E-state index contributed by atoms with van der Waals surface area (Å²) in [5.74, 6) is -1.92. The molecule has 10 heteroatoms. The van der Waals surface area contributed by atoms with Gasteiger partial charge in [0.15, 0.2) is 0 Å². The Morgan fingerprint density at radius 2 is 1.76 bits per heavy atom. The number of rotatable bonds is 11. The smallest absolute Gasteiger partial charge is 0.333 e. The Morgan fingerprint density at radius 1 is 1.00 bits per heavy atom. The van der Waals surface area contributed by atoms with Crippen molar-refractivity contribution in [2.75, 3.05) is 41.0 Å². The molecule has 2 aliphatic rings. The summed E-state index contributed by atoms with van der Waals surface area (Å²) >= 11 is 0. The SMILES string of the molecule is COC1=CC(c2cc(CN3CCN(Cc4ccc5ccccc5c4)CC3C(=CC(=O)O)C(=O)O)ccn2)=CC(C)(OC)C1OC. The van der Waals surface area contributed by atoms with Gasteiger partial charge in [-0.1, -0.05) is 36.4 Å². The van der Waals surface area contributed by atoms with E-state index in [4.69, 9.17) is 14.2 Å². The van der Waals surface area contributed by atoms with Gasteiger partial charge in [0.1, 0.15) is 17.5 Å². The number of ether oxygens (including phenoxy) is 3. The minimum Gasteiger partial charge on any atom is -0.498 e. The fourth-order valence-corrected chi connectivity index (χ4v) is 6.27. The summed E-state index contributed by atoms with van der Waals surface area (Å²) in [4.78, 5) is 32.9. The second-order valence-electron chi connectivity index (χ2n) is 11.5. The number of pyridine rings is 1. The van der Waals surface area contributed by atoms with Crippen LogP contribution in [0.3, 0.4) is 0 Å². The first-order valence-electron chi connectivity index (χ1n) is 14.8. The van der Waals surface area contributed by atoms with Gasteiger partial charge in [-0.3, -0.25) is 14.8 Å². The number of aliphatic carboxylic acids is 2. The van der Waals surface area contributed by atoms with Gasteiger partial charge in [0.05, 0.1) is 24.4 Å². The molecule has 2 aromatic carbocycles. The minimum absolute atomic E-state index is 0.149. The lowest BCUT2D eigenvalue weighted by Gasteiger charge is -2.42. The molecule has 1 aliphatic carbocycles. The zero-order chi connectivity index (χ0) is 32.1. The maximum absolute atomic E-state index is 12.4. The molecule has 1 aliphatic heterocycles. The van der Waals surface area contributed by atoms with Crippen molar-refractivity contribution in [1.29, 1.82) is 0 Å². The number of hydrogen-bond donors (Lipinski definition) is 2. The highest BCUT2D eigenvalue weighted by molar-refractivity contribution is 5.95. The van der Waals surface area contributed by atoms with Gasteiger partial charge in [0.2, 0.25) is 0 Å². The number of allylic oxidation sites excluding steroid dienone is 2. The number of aromatic nitrogens is 1. The van der Waals surface area contributed by atoms with E-state index < -0.39 is 29.7 Å². The van der Waals surface area contributed by atoms with Crippen molar-refractivity contribution in [2.24, 2.45) is 0 Å². The lowest BCUT2D eigenvalue weighted by molar-refractivity contribution is -0.136. The van der Waals surface area contributed by atoms with E-state index >= 15 is 0 Å². The van der Waals surface area contributed by atoms with Crippen molar-refractivity contribution in [3.63, 3.8) is 0 Å². The van der Waals surface area contributed by atoms with E-state index in [1.165, 1.54) is 0 Å². The lowest BCUT2D eigenvalue weighted by Crippen LogP contribution is -2.54. The second-order valence-corrected chi connectivity index (χ2v) is 11.5. The number of benzene rings is 2. The van der Waals surface area contributed by atoms with E-state index in [9.17, 15) is 19.8 Å². The molecule has 2 N–H and O–H groups in total. The van der Waals surface area contributed by atoms with Crippen molar-refractivity contribution < 1.29 is 34.0 Å². The Bertz CT molecular complexity index is 1670. The minimum atomic E-state index is -1.29. The molecule has 0 bridgehead atoms. The zero-order valence-electron chi connectivity index (χ0n) is 26.0. The molecule has 3 aromatic rings. The van der Waals surface area contributed by atoms with Crippen molar-refractivity contribution in [3.8, 4) is 0 Å². The summed E-state index contributed by atoms with van der Waals surface area (Å²) in [6.45, 7) is 4.56. The second kappa shape index (κ2) is 13.7. The third-order valence-electron chi connectivity index (χ3n) is 8.62. The molecule has 2 heterocycles. The van der Waals surface area contributed by atoms with Crippen LogP contribution in [0, 0.1) is 0 Å². The summed E-state index contributed by atoms with van der Waals surface area (Å²) < 4.78 is 17.1. The van der Waals surface area contributed by atoms with Crippen molar-refractivity contribution in [1.82, 2.24) is 14.8 Å². The van der Waals surface area contributed by atoms with Gasteiger partial charge in [0.25, 0.3) is 0 Å². The first-order chi connectivity index (χ1) is 21.6. The van der Waals surface area contributed by atoms with Gasteiger partial charge < -0.3 is 24.4 Å². The van der Waals surface area contributed by atoms with Crippen LogP contribution in [-0.2, 0) is 36.9 Å². The quantitative estimate of drug-likeness (QED) is 0.302. The molecule has 10 nitrogen and oxygen atoms in total. The fourth-order valence-electron chi connectivity index (χ4n) is 6.27. The molecule has 3 unspecified atom stereocenters. The Hall–Kier alpha value is -4.35. The molecule has 1 aromatic heterocycles. The van der Waals surface area contributed by atoms with Gasteiger partial charge in [-0.25, -0.2) is 9.59 Å². The van der Waals surface area contributed by atoms with E-state index in [1.54, 1.807) is 27.5 Å². The standard InChI is InChI=1S/C35H39N3O7/c1-35(45-4)19-27(17-31(43-2)33(35)44-3)29-16-24(11-12-36-29)21-38-14-13-37(22-30(38)28(34(41)42)18-32(39)40)20-23-9-10-25-7-5-6-8-26(25)15-23/h5-12,15-19,30,33H,13-14,20-22H2,1-4H3,(H,39,40)(H,41,42). The molecule has 1 fully saturated rings. The number of methoxy groups -OCH3 is 3. The number of fused-ring (bicyclic) bond motifs is 1. The van der Waals surface area contributed by atoms with Gasteiger partial charge in [-0.05, 0) is 59.2 Å². The highest BCUT2D eigenvalue weighted by Crippen LogP contribution is 2.35. The third-order valence-corrected chi connectivity index (χ3v) is 8.62. The Morgan fingerprint density at radius 3 is 2.44 bits per heavy atom. The van der Waals surface area contributed by atoms with Crippen LogP contribution in [0.15, 0.2) is 90.4 Å². The molecule has 0 saturated carbocycles. The largest absolute Gasteiger partial charge is 0.498 e. The molecule has 0 radical (unpaired) electrons. The van der Waals surface area contributed by atoms with E-state index in [0.717, 1.165) is 33.5 Å². The number of carbonyl (C=O) groups is 2. The van der Waals surface area contributed by atoms with E-state index in [-0.39, 0.29) is 5.57 Å². The van der Waals surface area contributed by atoms with Gasteiger partial charge in [-0.2, -0.15) is 0 Å². The maximum Gasteiger partial charge on any atom is 0.333 e. The van der Waals surface area contributed by atoms with Gasteiger partial charge >= 0.3 is 11.9 Å². The number of nitrogens with zero attached hydrogens (tertiary/aromatic N) is 3. The van der Waals surface area contributed by atoms with Crippen molar-refractivity contribution in [3.05, 3.63) is 107 Å². The molecule has 0 spiro atoms. The average molecular weight is 614 g/mol. The molecule has 5 rings (SSSR count). The van der Waals surface area contributed by atoms with Crippen LogP contribution in [0.25, 0.3) is 16.3 Å². The first-order valence-corrected chi connectivity index (χ1v) is 14.8. The average Bonchev–Trinajstić information content (AvgIpc) is 3.03. The third kappa shape index (κ3) is 7.15. The molecule has 3 atom stereocenters. The molecular weight excluding hydrogens is 574 g/mol. The van der Waals surface area contributed by atoms with Gasteiger partial charge in [-0.15, -0.1) is 0 Å². The summed E-state index contributed by atoms with van der Waals surface area (Å²) in [6.07, 6.45) is 5.95. The van der Waals surface area contributed by atoms with E-state index in [1.807, 2.05) is 48.2 Å². The van der Waals surface area contributed by atoms with Crippen molar-refractivity contribution in [2.45, 2.75) is 37.8 Å². The highest BCUT2D eigenvalue weighted by atomic mass is 16.6. The summed E-state index contributed by atoms with van der Waals surface area (Å²) in [7, 11) is 4.81. The van der Waals surface area contributed by atoms with Crippen LogP contribution in [0.5, 0.6) is 0 Å². The van der Waals surface area contributed by atoms with Crippen LogP contribution in [0.4, 0.5) is 0 Å². The monoisotopic (exact) mass is 613 g/mol. The molecule has 0 amide bonds. The predicted octanol–water partition coefficient (Wildman–Crippen LogP) is 4.36. The van der Waals surface area contributed by atoms with Gasteiger partial charge in [0, 0.05) is 64.8 Å². The maximum atomic E-state index is 12.4. The number of carboxylic acid groups (broad SMARTS) is 2. The lowest BCUT2D eigenvalue weighted by atomic mass is 9.87. The number of piperazine rings is 1. The molecule has 236 valence electrons. The topological polar surface area (TPSA) is 122 Å². The van der Waals surface area contributed by atoms with Crippen LogP contribution in [0.1, 0.15) is 23.7 Å². The number of carboxylic acids is 2. The first kappa shape index (κ1) is 32.1. The molecule has 45 heavy (non-hydrogen) atoms. The van der Waals surface area contributed by atoms with Crippen LogP contribution < -0.4 is 0 Å². The Balaban J connectivity index is 1.41. The van der Waals surface area contributed by atoms with Crippen LogP contribution >= 0.6 is 0 Å².